The van der Waals surface area contributed by atoms with Crippen LogP contribution in [0.4, 0.5) is 5.69 Å². The predicted molar refractivity (Wildman–Crippen MR) is 207 cm³/mol. The largest absolute Gasteiger partial charge is 0.324 e. The maximum atomic E-state index is 14.0. The normalized spacial score (nSPS) is 13.0. The third kappa shape index (κ3) is 11.1. The van der Waals surface area contributed by atoms with Crippen molar-refractivity contribution in [2.75, 3.05) is 11.1 Å². The Labute approximate surface area is 306 Å². The van der Waals surface area contributed by atoms with E-state index in [2.05, 4.69) is 71.1 Å². The molecule has 4 rings (SSSR count). The lowest BCUT2D eigenvalue weighted by molar-refractivity contribution is -0.117. The van der Waals surface area contributed by atoms with Crippen LogP contribution in [0.5, 0.6) is 0 Å². The van der Waals surface area contributed by atoms with Gasteiger partial charge in [-0.2, -0.15) is 8.42 Å². The average Bonchev–Trinajstić information content (AvgIpc) is 3.04. The summed E-state index contributed by atoms with van der Waals surface area (Å²) in [6, 6.07) is 26.6. The molecule has 9 heteroatoms. The van der Waals surface area contributed by atoms with Crippen LogP contribution in [-0.2, 0) is 26.7 Å². The molecule has 50 heavy (non-hydrogen) atoms. The van der Waals surface area contributed by atoms with Crippen LogP contribution in [-0.4, -0.2) is 30.4 Å². The molecule has 0 aromatic heterocycles. The molecular weight excluding hydrogens is 689 g/mol. The van der Waals surface area contributed by atoms with E-state index in [4.69, 9.17) is 27.8 Å². The molecule has 0 saturated carbocycles. The number of hydrogen-bond donors (Lipinski definition) is 2. The Bertz CT molecular complexity index is 1950. The molecule has 1 amide bonds. The van der Waals surface area contributed by atoms with Gasteiger partial charge in [0.05, 0.1) is 27.4 Å². The highest BCUT2D eigenvalue weighted by Crippen LogP contribution is 2.39. The Morgan fingerprint density at radius 2 is 1.44 bits per heavy atom. The first-order chi connectivity index (χ1) is 23.3. The fourth-order valence-corrected chi connectivity index (χ4v) is 6.40. The Kier molecular flexibility index (Phi) is 12.5. The number of Topliss-reactive ketones (excluding diaryl/α,β-unsaturated/α-hetero) is 1. The first-order valence-electron chi connectivity index (χ1n) is 16.6. The van der Waals surface area contributed by atoms with Crippen LogP contribution >= 0.6 is 23.2 Å². The minimum absolute atomic E-state index is 0.00941. The summed E-state index contributed by atoms with van der Waals surface area (Å²) in [6.07, 6.45) is 4.55. The van der Waals surface area contributed by atoms with Gasteiger partial charge in [0, 0.05) is 17.5 Å². The van der Waals surface area contributed by atoms with Crippen molar-refractivity contribution in [1.82, 2.24) is 0 Å². The summed E-state index contributed by atoms with van der Waals surface area (Å²) in [5, 5.41) is 3.60. The second kappa shape index (κ2) is 16.1. The van der Waals surface area contributed by atoms with E-state index < -0.39 is 21.8 Å². The molecule has 0 saturated heterocycles. The molecule has 1 unspecified atom stereocenters. The summed E-state index contributed by atoms with van der Waals surface area (Å²) in [5.41, 5.74) is 6.40. The standard InChI is InChI=1S/C41H45Cl2NO5S/c1-40(2,3)24-23-27-9-13-30(14-10-27)34(26-28-11-15-31(16-12-28)36(45)8-7-25-50(47,48)49)39(46)44-35-22-21-33(37(42)38(35)43)29-17-19-32(20-18-29)41(4,5)6/h9-24,34H,7-8,25-26H2,1-6H3,(H,44,46)(H,47,48,49)/b24-23+. The third-order valence-corrected chi connectivity index (χ3v) is 10.0. The fourth-order valence-electron chi connectivity index (χ4n) is 5.41. The van der Waals surface area contributed by atoms with Crippen LogP contribution in [0.2, 0.25) is 10.0 Å². The van der Waals surface area contributed by atoms with E-state index in [0.717, 1.165) is 27.8 Å². The number of carbonyl (C=O) groups excluding carboxylic acids is 2. The van der Waals surface area contributed by atoms with Crippen LogP contribution in [0.25, 0.3) is 17.2 Å². The van der Waals surface area contributed by atoms with E-state index in [9.17, 15) is 18.0 Å². The van der Waals surface area contributed by atoms with Crippen molar-refractivity contribution < 1.29 is 22.6 Å². The first-order valence-corrected chi connectivity index (χ1v) is 18.9. The molecular formula is C41H45Cl2NO5S. The number of carbonyl (C=O) groups is 2. The molecule has 264 valence electrons. The van der Waals surface area contributed by atoms with Gasteiger partial charge in [-0.05, 0) is 57.6 Å². The van der Waals surface area contributed by atoms with Gasteiger partial charge < -0.3 is 5.32 Å². The topological polar surface area (TPSA) is 101 Å². The van der Waals surface area contributed by atoms with E-state index >= 15 is 0 Å². The van der Waals surface area contributed by atoms with Gasteiger partial charge in [-0.15, -0.1) is 0 Å². The van der Waals surface area contributed by atoms with Crippen LogP contribution in [0.3, 0.4) is 0 Å². The molecule has 0 fully saturated rings. The lowest BCUT2D eigenvalue weighted by Gasteiger charge is -2.20. The van der Waals surface area contributed by atoms with Crippen molar-refractivity contribution in [3.63, 3.8) is 0 Å². The first kappa shape index (κ1) is 39.0. The molecule has 0 aliphatic heterocycles. The van der Waals surface area contributed by atoms with Gasteiger partial charge in [0.25, 0.3) is 10.1 Å². The van der Waals surface area contributed by atoms with Crippen LogP contribution in [0.1, 0.15) is 92.9 Å². The zero-order chi connectivity index (χ0) is 36.9. The van der Waals surface area contributed by atoms with Crippen LogP contribution in [0, 0.1) is 5.41 Å². The van der Waals surface area contributed by atoms with Gasteiger partial charge in [-0.3, -0.25) is 14.1 Å². The molecule has 0 spiro atoms. The lowest BCUT2D eigenvalue weighted by atomic mass is 9.86. The highest BCUT2D eigenvalue weighted by Gasteiger charge is 2.24. The Morgan fingerprint density at radius 3 is 2.00 bits per heavy atom. The maximum absolute atomic E-state index is 14.0. The number of rotatable bonds is 12. The molecule has 0 bridgehead atoms. The van der Waals surface area contributed by atoms with Gasteiger partial charge in [-0.1, -0.05) is 156 Å². The lowest BCUT2D eigenvalue weighted by Crippen LogP contribution is -2.23. The van der Waals surface area contributed by atoms with Crippen molar-refractivity contribution in [1.29, 1.82) is 0 Å². The van der Waals surface area contributed by atoms with Crippen molar-refractivity contribution in [3.05, 3.63) is 129 Å². The van der Waals surface area contributed by atoms with Crippen LogP contribution < -0.4 is 5.32 Å². The summed E-state index contributed by atoms with van der Waals surface area (Å²) < 4.78 is 31.0. The molecule has 6 nitrogen and oxygen atoms in total. The molecule has 0 aliphatic carbocycles. The van der Waals surface area contributed by atoms with E-state index in [1.54, 1.807) is 30.3 Å². The van der Waals surface area contributed by atoms with Crippen molar-refractivity contribution in [2.45, 2.75) is 72.1 Å². The molecule has 0 aliphatic rings. The van der Waals surface area contributed by atoms with Gasteiger partial charge in [0.1, 0.15) is 0 Å². The van der Waals surface area contributed by atoms with E-state index in [0.29, 0.717) is 22.7 Å². The van der Waals surface area contributed by atoms with Crippen molar-refractivity contribution in [2.24, 2.45) is 5.41 Å². The SMILES string of the molecule is CC(C)(C)/C=C/c1ccc(C(Cc2ccc(C(=O)CCCS(=O)(=O)O)cc2)C(=O)Nc2ccc(-c3ccc(C(C)(C)C)cc3)c(Cl)c2Cl)cc1. The Balaban J connectivity index is 1.59. The second-order valence-electron chi connectivity index (χ2n) is 14.7. The fraction of sp³-hybridized carbons (Fsp3) is 0.317. The summed E-state index contributed by atoms with van der Waals surface area (Å²) >= 11 is 13.6. The van der Waals surface area contributed by atoms with E-state index in [1.807, 2.05) is 42.5 Å². The summed E-state index contributed by atoms with van der Waals surface area (Å²) in [4.78, 5) is 26.6. The monoisotopic (exact) mass is 733 g/mol. The van der Waals surface area contributed by atoms with Gasteiger partial charge >= 0.3 is 0 Å². The zero-order valence-electron chi connectivity index (χ0n) is 29.4. The summed E-state index contributed by atoms with van der Waals surface area (Å²) in [6.45, 7) is 12.9. The highest BCUT2D eigenvalue weighted by molar-refractivity contribution is 7.85. The molecule has 0 radical (unpaired) electrons. The smallest absolute Gasteiger partial charge is 0.264 e. The Hall–Kier alpha value is -3.75. The van der Waals surface area contributed by atoms with Crippen LogP contribution in [0.15, 0.2) is 91.0 Å². The number of nitrogens with one attached hydrogen (secondary N) is 1. The van der Waals surface area contributed by atoms with Crippen molar-refractivity contribution in [3.8, 4) is 11.1 Å². The number of benzene rings is 4. The number of hydrogen-bond acceptors (Lipinski definition) is 4. The minimum Gasteiger partial charge on any atom is -0.324 e. The van der Waals surface area contributed by atoms with Gasteiger partial charge in [0.2, 0.25) is 5.91 Å². The number of amides is 1. The second-order valence-corrected chi connectivity index (χ2v) is 17.1. The number of halogens is 2. The summed E-state index contributed by atoms with van der Waals surface area (Å²) in [7, 11) is -4.13. The predicted octanol–water partition coefficient (Wildman–Crippen LogP) is 10.8. The molecule has 4 aromatic rings. The molecule has 2 N–H and O–H groups in total. The van der Waals surface area contributed by atoms with Gasteiger partial charge in [-0.25, -0.2) is 0 Å². The van der Waals surface area contributed by atoms with Crippen molar-refractivity contribution >= 4 is 56.8 Å². The molecule has 0 heterocycles. The summed E-state index contributed by atoms with van der Waals surface area (Å²) in [5.74, 6) is -1.57. The van der Waals surface area contributed by atoms with E-state index in [1.165, 1.54) is 5.56 Å². The molecule has 1 atom stereocenters. The quantitative estimate of drug-likeness (QED) is 0.111. The Morgan fingerprint density at radius 1 is 0.820 bits per heavy atom. The minimum atomic E-state index is -4.13. The average molecular weight is 735 g/mol. The third-order valence-electron chi connectivity index (χ3n) is 8.36. The maximum Gasteiger partial charge on any atom is 0.264 e. The number of ketones is 1. The van der Waals surface area contributed by atoms with E-state index in [-0.39, 0.29) is 40.4 Å². The number of allylic oxidation sites excluding steroid dienone is 1. The highest BCUT2D eigenvalue weighted by atomic mass is 35.5. The zero-order valence-corrected chi connectivity index (χ0v) is 31.7. The number of anilines is 1. The van der Waals surface area contributed by atoms with Gasteiger partial charge in [0.15, 0.2) is 5.78 Å². The molecule has 4 aromatic carbocycles.